The van der Waals surface area contributed by atoms with Gasteiger partial charge >= 0.3 is 5.97 Å². The number of carbonyl (C=O) groups is 1. The van der Waals surface area contributed by atoms with E-state index in [0.29, 0.717) is 0 Å². The van der Waals surface area contributed by atoms with Crippen LogP contribution in [0.4, 0.5) is 11.4 Å². The largest absolute Gasteiger partial charge is 0.465 e. The summed E-state index contributed by atoms with van der Waals surface area (Å²) in [6.07, 6.45) is 0. The smallest absolute Gasteiger partial charge is 0.344 e. The minimum absolute atomic E-state index is 0.00832. The Kier molecular flexibility index (Phi) is 5.30. The van der Waals surface area contributed by atoms with Gasteiger partial charge in [-0.05, 0) is 23.6 Å². The number of hydrogen-bond donors (Lipinski definition) is 0. The number of nitrogens with zero attached hydrogens (tertiary/aromatic N) is 3. The van der Waals surface area contributed by atoms with Crippen molar-refractivity contribution in [3.05, 3.63) is 56.3 Å². The second kappa shape index (κ2) is 7.62. The Bertz CT molecular complexity index is 755. The van der Waals surface area contributed by atoms with Crippen LogP contribution >= 0.6 is 11.3 Å². The van der Waals surface area contributed by atoms with E-state index in [1.54, 1.807) is 23.5 Å². The quantitative estimate of drug-likeness (QED) is 0.463. The van der Waals surface area contributed by atoms with Crippen molar-refractivity contribution in [2.45, 2.75) is 6.54 Å². The van der Waals surface area contributed by atoms with Crippen molar-refractivity contribution in [3.63, 3.8) is 0 Å². The molecule has 0 saturated carbocycles. The lowest BCUT2D eigenvalue weighted by molar-refractivity contribution is -0.385. The van der Waals surface area contributed by atoms with Crippen LogP contribution in [0.2, 0.25) is 0 Å². The number of thiophene rings is 1. The Morgan fingerprint density at radius 3 is 2.64 bits per heavy atom. The molecule has 1 saturated heterocycles. The van der Waals surface area contributed by atoms with Crippen LogP contribution in [0.25, 0.3) is 0 Å². The maximum Gasteiger partial charge on any atom is 0.344 e. The summed E-state index contributed by atoms with van der Waals surface area (Å²) in [7, 11) is 1.22. The molecule has 1 aliphatic heterocycles. The van der Waals surface area contributed by atoms with Gasteiger partial charge in [0.1, 0.15) is 5.56 Å². The molecule has 7 nitrogen and oxygen atoms in total. The van der Waals surface area contributed by atoms with Gasteiger partial charge in [-0.25, -0.2) is 4.79 Å². The predicted octanol–water partition coefficient (Wildman–Crippen LogP) is 2.77. The first-order chi connectivity index (χ1) is 12.1. The SMILES string of the molecule is COC(=O)c1cc(N2CCN(Cc3cccs3)CC2)ccc1[N+](=O)[O-]. The van der Waals surface area contributed by atoms with Gasteiger partial charge < -0.3 is 9.64 Å². The number of methoxy groups -OCH3 is 1. The molecule has 1 aliphatic rings. The lowest BCUT2D eigenvalue weighted by Crippen LogP contribution is -2.45. The van der Waals surface area contributed by atoms with Crippen molar-refractivity contribution in [2.24, 2.45) is 0 Å². The van der Waals surface area contributed by atoms with E-state index in [1.807, 2.05) is 0 Å². The fraction of sp³-hybridized carbons (Fsp3) is 0.353. The third-order valence-corrected chi connectivity index (χ3v) is 5.14. The highest BCUT2D eigenvalue weighted by Crippen LogP contribution is 2.27. The molecule has 0 atom stereocenters. The van der Waals surface area contributed by atoms with Crippen LogP contribution in [0.5, 0.6) is 0 Å². The zero-order valence-electron chi connectivity index (χ0n) is 13.9. The van der Waals surface area contributed by atoms with Gasteiger partial charge in [0.15, 0.2) is 0 Å². The molecule has 25 heavy (non-hydrogen) atoms. The van der Waals surface area contributed by atoms with E-state index in [-0.39, 0.29) is 11.3 Å². The number of ether oxygens (including phenoxy) is 1. The lowest BCUT2D eigenvalue weighted by atomic mass is 10.1. The summed E-state index contributed by atoms with van der Waals surface area (Å²) < 4.78 is 4.68. The highest BCUT2D eigenvalue weighted by atomic mass is 32.1. The molecule has 1 aromatic heterocycles. The van der Waals surface area contributed by atoms with Crippen LogP contribution in [0.1, 0.15) is 15.2 Å². The monoisotopic (exact) mass is 361 g/mol. The van der Waals surface area contributed by atoms with Crippen molar-refractivity contribution in [1.82, 2.24) is 4.90 Å². The standard InChI is InChI=1S/C17H19N3O4S/c1-24-17(21)15-11-13(4-5-16(15)20(22)23)19-8-6-18(7-9-19)12-14-3-2-10-25-14/h2-5,10-11H,6-9,12H2,1H3. The Morgan fingerprint density at radius 2 is 2.04 bits per heavy atom. The van der Waals surface area contributed by atoms with E-state index in [9.17, 15) is 14.9 Å². The lowest BCUT2D eigenvalue weighted by Gasteiger charge is -2.36. The highest BCUT2D eigenvalue weighted by molar-refractivity contribution is 7.09. The fourth-order valence-electron chi connectivity index (χ4n) is 2.94. The van der Waals surface area contributed by atoms with Crippen LogP contribution in [0.3, 0.4) is 0 Å². The Morgan fingerprint density at radius 1 is 1.28 bits per heavy atom. The van der Waals surface area contributed by atoms with Gasteiger partial charge in [-0.3, -0.25) is 15.0 Å². The van der Waals surface area contributed by atoms with Crippen molar-refractivity contribution >= 4 is 28.7 Å². The summed E-state index contributed by atoms with van der Waals surface area (Å²) in [6.45, 7) is 4.37. The number of piperazine rings is 1. The van der Waals surface area contributed by atoms with Crippen LogP contribution in [-0.2, 0) is 11.3 Å². The maximum atomic E-state index is 11.9. The minimum Gasteiger partial charge on any atom is -0.465 e. The van der Waals surface area contributed by atoms with E-state index in [4.69, 9.17) is 0 Å². The molecule has 0 unspecified atom stereocenters. The molecule has 3 rings (SSSR count). The van der Waals surface area contributed by atoms with Crippen molar-refractivity contribution < 1.29 is 14.5 Å². The number of hydrogen-bond acceptors (Lipinski definition) is 7. The molecular weight excluding hydrogens is 342 g/mol. The van der Waals surface area contributed by atoms with Crippen LogP contribution in [0.15, 0.2) is 35.7 Å². The summed E-state index contributed by atoms with van der Waals surface area (Å²) in [5, 5.41) is 13.2. The first kappa shape index (κ1) is 17.4. The van der Waals surface area contributed by atoms with E-state index < -0.39 is 10.9 Å². The van der Waals surface area contributed by atoms with Gasteiger partial charge in [0.2, 0.25) is 0 Å². The fourth-order valence-corrected chi connectivity index (χ4v) is 3.69. The van der Waals surface area contributed by atoms with Gasteiger partial charge in [-0.1, -0.05) is 6.07 Å². The van der Waals surface area contributed by atoms with Crippen LogP contribution in [-0.4, -0.2) is 49.1 Å². The molecule has 0 radical (unpaired) electrons. The first-order valence-corrected chi connectivity index (χ1v) is 8.83. The third kappa shape index (κ3) is 3.97. The molecule has 0 N–H and O–H groups in total. The Labute approximate surface area is 149 Å². The Balaban J connectivity index is 1.70. The van der Waals surface area contributed by atoms with Crippen LogP contribution in [0, 0.1) is 10.1 Å². The summed E-state index contributed by atoms with van der Waals surface area (Å²) in [5.74, 6) is -0.690. The number of benzene rings is 1. The molecule has 0 aliphatic carbocycles. The zero-order chi connectivity index (χ0) is 17.8. The minimum atomic E-state index is -0.690. The van der Waals surface area contributed by atoms with Gasteiger partial charge in [0.25, 0.3) is 5.69 Å². The van der Waals surface area contributed by atoms with Crippen LogP contribution < -0.4 is 4.90 Å². The number of anilines is 1. The number of carbonyl (C=O) groups excluding carboxylic acids is 1. The van der Waals surface area contributed by atoms with E-state index in [1.165, 1.54) is 18.1 Å². The number of nitro benzene ring substituents is 1. The molecule has 1 fully saturated rings. The zero-order valence-corrected chi connectivity index (χ0v) is 14.7. The molecule has 132 valence electrons. The summed E-state index contributed by atoms with van der Waals surface area (Å²) in [4.78, 5) is 28.3. The third-order valence-electron chi connectivity index (χ3n) is 4.28. The Hall–Kier alpha value is -2.45. The maximum absolute atomic E-state index is 11.9. The molecule has 2 heterocycles. The van der Waals surface area contributed by atoms with E-state index >= 15 is 0 Å². The number of esters is 1. The average molecular weight is 361 g/mol. The summed E-state index contributed by atoms with van der Waals surface area (Å²) >= 11 is 1.76. The molecule has 0 bridgehead atoms. The molecule has 2 aromatic rings. The normalized spacial score (nSPS) is 15.2. The number of rotatable bonds is 5. The van der Waals surface area contributed by atoms with Gasteiger partial charge in [-0.15, -0.1) is 11.3 Å². The van der Waals surface area contributed by atoms with E-state index in [2.05, 4.69) is 32.0 Å². The van der Waals surface area contributed by atoms with Crippen molar-refractivity contribution in [3.8, 4) is 0 Å². The summed E-state index contributed by atoms with van der Waals surface area (Å²) in [5.41, 5.74) is 0.569. The predicted molar refractivity (Wildman–Crippen MR) is 96.2 cm³/mol. The van der Waals surface area contributed by atoms with Gasteiger partial charge in [0.05, 0.1) is 12.0 Å². The van der Waals surface area contributed by atoms with Gasteiger partial charge in [0, 0.05) is 49.4 Å². The summed E-state index contributed by atoms with van der Waals surface area (Å²) in [6, 6.07) is 8.81. The molecule has 0 spiro atoms. The average Bonchev–Trinajstić information content (AvgIpc) is 3.14. The molecule has 1 aromatic carbocycles. The first-order valence-electron chi connectivity index (χ1n) is 7.95. The number of nitro groups is 1. The van der Waals surface area contributed by atoms with Crippen molar-refractivity contribution in [1.29, 1.82) is 0 Å². The van der Waals surface area contributed by atoms with Crippen molar-refractivity contribution in [2.75, 3.05) is 38.2 Å². The second-order valence-electron chi connectivity index (χ2n) is 5.79. The topological polar surface area (TPSA) is 75.9 Å². The second-order valence-corrected chi connectivity index (χ2v) is 6.82. The van der Waals surface area contributed by atoms with E-state index in [0.717, 1.165) is 38.4 Å². The molecule has 0 amide bonds. The highest BCUT2D eigenvalue weighted by Gasteiger charge is 2.24. The van der Waals surface area contributed by atoms with Gasteiger partial charge in [-0.2, -0.15) is 0 Å². The molecular formula is C17H19N3O4S. The molecule has 8 heteroatoms.